The van der Waals surface area contributed by atoms with Gasteiger partial charge in [0.05, 0.1) is 17.2 Å². The molecule has 1 unspecified atom stereocenters. The molecule has 2 aromatic carbocycles. The number of likely N-dealkylation sites (tertiary alicyclic amines) is 2. The number of carbonyl (C=O) groups is 3. The summed E-state index contributed by atoms with van der Waals surface area (Å²) in [5, 5.41) is 3.17. The molecule has 0 aromatic heterocycles. The predicted molar refractivity (Wildman–Crippen MR) is 173 cm³/mol. The van der Waals surface area contributed by atoms with Crippen LogP contribution in [0.25, 0.3) is 0 Å². The first-order chi connectivity index (χ1) is 23.6. The summed E-state index contributed by atoms with van der Waals surface area (Å²) in [5.74, 6) is -0.885. The highest BCUT2D eigenvalue weighted by molar-refractivity contribution is 5.80. The number of nitrogens with one attached hydrogen (secondary N) is 1. The van der Waals surface area contributed by atoms with Crippen LogP contribution < -0.4 is 5.32 Å². The maximum absolute atomic E-state index is 14.1. The Labute approximate surface area is 292 Å². The van der Waals surface area contributed by atoms with Crippen molar-refractivity contribution in [2.75, 3.05) is 26.7 Å². The first-order valence-electron chi connectivity index (χ1n) is 16.9. The van der Waals surface area contributed by atoms with E-state index in [1.165, 1.54) is 24.1 Å². The quantitative estimate of drug-likeness (QED) is 0.316. The number of hydrogen-bond donors (Lipinski definition) is 1. The van der Waals surface area contributed by atoms with Gasteiger partial charge in [0.25, 0.3) is 0 Å². The van der Waals surface area contributed by atoms with E-state index in [4.69, 9.17) is 4.74 Å². The van der Waals surface area contributed by atoms with Crippen LogP contribution in [0.2, 0.25) is 0 Å². The van der Waals surface area contributed by atoms with Crippen LogP contribution in [0, 0.1) is 24.1 Å². The van der Waals surface area contributed by atoms with Crippen LogP contribution in [0.1, 0.15) is 86.7 Å². The van der Waals surface area contributed by atoms with Gasteiger partial charge in [-0.05, 0) is 112 Å². The molecule has 2 aromatic rings. The van der Waals surface area contributed by atoms with E-state index in [9.17, 15) is 45.1 Å². The molecule has 5 rings (SSSR count). The van der Waals surface area contributed by atoms with Crippen LogP contribution in [0.5, 0.6) is 0 Å². The SMILES string of the molecule is Cc1cc(F)ccc1[C@H]1C[C@]2(CCN1C(=O)N(C)Cc1cc(C(F)(F)F)cc(C(F)(F)F)c1)CC2NC(=O)C1CCN(C(=O)OC(C)(C)C)CC1. The minimum Gasteiger partial charge on any atom is -0.444 e. The molecule has 2 heterocycles. The Kier molecular flexibility index (Phi) is 10.4. The minimum atomic E-state index is -5.03. The molecule has 2 aliphatic heterocycles. The number of halogens is 7. The third-order valence-corrected chi connectivity index (χ3v) is 10.1. The number of carbonyl (C=O) groups excluding carboxylic acids is 3. The molecule has 2 saturated heterocycles. The number of hydrogen-bond acceptors (Lipinski definition) is 4. The van der Waals surface area contributed by atoms with Gasteiger partial charge in [-0.25, -0.2) is 14.0 Å². The molecule has 1 N–H and O–H groups in total. The number of urea groups is 1. The second kappa shape index (κ2) is 13.8. The molecule has 8 nitrogen and oxygen atoms in total. The van der Waals surface area contributed by atoms with Crippen molar-refractivity contribution in [1.29, 1.82) is 0 Å². The zero-order valence-electron chi connectivity index (χ0n) is 29.2. The van der Waals surface area contributed by atoms with Crippen LogP contribution in [-0.2, 0) is 28.4 Å². The molecule has 1 aliphatic carbocycles. The van der Waals surface area contributed by atoms with E-state index in [2.05, 4.69) is 5.32 Å². The average molecular weight is 729 g/mol. The summed E-state index contributed by atoms with van der Waals surface area (Å²) in [6, 6.07) is 4.04. The van der Waals surface area contributed by atoms with Gasteiger partial charge in [0, 0.05) is 45.2 Å². The smallest absolute Gasteiger partial charge is 0.416 e. The van der Waals surface area contributed by atoms with Crippen LogP contribution in [-0.4, -0.2) is 71.1 Å². The lowest BCUT2D eigenvalue weighted by Gasteiger charge is -2.43. The van der Waals surface area contributed by atoms with E-state index < -0.39 is 59.6 Å². The molecular formula is C36H43F7N4O4. The van der Waals surface area contributed by atoms with Crippen molar-refractivity contribution in [2.24, 2.45) is 11.3 Å². The van der Waals surface area contributed by atoms with E-state index in [1.54, 1.807) is 38.7 Å². The number of nitrogens with zero attached hydrogens (tertiary/aromatic N) is 3. The van der Waals surface area contributed by atoms with E-state index >= 15 is 0 Å². The summed E-state index contributed by atoms with van der Waals surface area (Å²) in [7, 11) is 1.31. The van der Waals surface area contributed by atoms with Crippen LogP contribution in [0.15, 0.2) is 36.4 Å². The zero-order chi connectivity index (χ0) is 37.7. The van der Waals surface area contributed by atoms with Gasteiger partial charge < -0.3 is 24.8 Å². The Bertz CT molecular complexity index is 1620. The van der Waals surface area contributed by atoms with E-state index in [0.717, 1.165) is 4.90 Å². The monoisotopic (exact) mass is 728 g/mol. The van der Waals surface area contributed by atoms with E-state index in [-0.39, 0.29) is 41.5 Å². The summed E-state index contributed by atoms with van der Waals surface area (Å²) in [5.41, 5.74) is -3.04. The minimum absolute atomic E-state index is 0.0422. The molecule has 0 bridgehead atoms. The molecule has 15 heteroatoms. The van der Waals surface area contributed by atoms with Gasteiger partial charge in [-0.2, -0.15) is 26.3 Å². The lowest BCUT2D eigenvalue weighted by Crippen LogP contribution is -2.49. The summed E-state index contributed by atoms with van der Waals surface area (Å²) in [6.45, 7) is 7.50. The molecule has 51 heavy (non-hydrogen) atoms. The Balaban J connectivity index is 1.29. The maximum atomic E-state index is 14.1. The molecular weight excluding hydrogens is 685 g/mol. The number of aryl methyl sites for hydroxylation is 1. The first-order valence-corrected chi connectivity index (χ1v) is 16.9. The van der Waals surface area contributed by atoms with E-state index in [0.29, 0.717) is 68.5 Å². The zero-order valence-corrected chi connectivity index (χ0v) is 29.2. The molecule has 3 atom stereocenters. The third kappa shape index (κ3) is 8.89. The molecule has 1 spiro atoms. The summed E-state index contributed by atoms with van der Waals surface area (Å²) in [4.78, 5) is 43.9. The molecule has 3 fully saturated rings. The van der Waals surface area contributed by atoms with Crippen LogP contribution >= 0.6 is 0 Å². The fourth-order valence-electron chi connectivity index (χ4n) is 7.28. The first kappa shape index (κ1) is 38.2. The summed E-state index contributed by atoms with van der Waals surface area (Å²) >= 11 is 0. The second-order valence-electron chi connectivity index (χ2n) is 15.1. The topological polar surface area (TPSA) is 82.2 Å². The highest BCUT2D eigenvalue weighted by Crippen LogP contribution is 2.58. The number of rotatable bonds is 5. The number of alkyl halides is 6. The predicted octanol–water partition coefficient (Wildman–Crippen LogP) is 8.08. The van der Waals surface area contributed by atoms with Crippen molar-refractivity contribution in [3.05, 3.63) is 70.0 Å². The van der Waals surface area contributed by atoms with Gasteiger partial charge in [-0.1, -0.05) is 6.07 Å². The van der Waals surface area contributed by atoms with Gasteiger partial charge in [0.15, 0.2) is 0 Å². The maximum Gasteiger partial charge on any atom is 0.416 e. The number of benzene rings is 2. The lowest BCUT2D eigenvalue weighted by atomic mass is 9.82. The largest absolute Gasteiger partial charge is 0.444 e. The number of ether oxygens (including phenoxy) is 1. The third-order valence-electron chi connectivity index (χ3n) is 10.1. The average Bonchev–Trinajstić information content (AvgIpc) is 3.68. The van der Waals surface area contributed by atoms with Gasteiger partial charge in [0.1, 0.15) is 11.4 Å². The molecule has 1 saturated carbocycles. The van der Waals surface area contributed by atoms with Crippen molar-refractivity contribution in [3.63, 3.8) is 0 Å². The van der Waals surface area contributed by atoms with Gasteiger partial charge >= 0.3 is 24.5 Å². The van der Waals surface area contributed by atoms with Crippen molar-refractivity contribution in [3.8, 4) is 0 Å². The summed E-state index contributed by atoms with van der Waals surface area (Å²) < 4.78 is 101. The Morgan fingerprint density at radius 3 is 2.08 bits per heavy atom. The Hall–Kier alpha value is -4.04. The Morgan fingerprint density at radius 1 is 0.922 bits per heavy atom. The van der Waals surface area contributed by atoms with Gasteiger partial charge in [-0.15, -0.1) is 0 Å². The Morgan fingerprint density at radius 2 is 1.53 bits per heavy atom. The molecule has 4 amide bonds. The van der Waals surface area contributed by atoms with Crippen molar-refractivity contribution in [1.82, 2.24) is 20.0 Å². The van der Waals surface area contributed by atoms with Crippen LogP contribution in [0.4, 0.5) is 40.3 Å². The summed E-state index contributed by atoms with van der Waals surface area (Å²) in [6.07, 6.45) is -7.97. The van der Waals surface area contributed by atoms with E-state index in [1.807, 2.05) is 0 Å². The normalized spacial score (nSPS) is 22.9. The van der Waals surface area contributed by atoms with Crippen molar-refractivity contribution < 1.29 is 49.9 Å². The molecule has 3 aliphatic rings. The van der Waals surface area contributed by atoms with Gasteiger partial charge in [0.2, 0.25) is 5.91 Å². The highest BCUT2D eigenvalue weighted by Gasteiger charge is 2.59. The fourth-order valence-corrected chi connectivity index (χ4v) is 7.28. The van der Waals surface area contributed by atoms with Gasteiger partial charge in [-0.3, -0.25) is 4.79 Å². The lowest BCUT2D eigenvalue weighted by molar-refractivity contribution is -0.143. The fraction of sp³-hybridized carbons (Fsp3) is 0.583. The van der Waals surface area contributed by atoms with Crippen LogP contribution in [0.3, 0.4) is 0 Å². The van der Waals surface area contributed by atoms with Crippen molar-refractivity contribution in [2.45, 2.75) is 96.4 Å². The van der Waals surface area contributed by atoms with Crippen molar-refractivity contribution >= 4 is 18.0 Å². The number of piperidine rings is 2. The highest BCUT2D eigenvalue weighted by atomic mass is 19.4. The molecule has 0 radical (unpaired) electrons. The molecule has 280 valence electrons. The second-order valence-corrected chi connectivity index (χ2v) is 15.1. The number of amides is 4. The standard InChI is InChI=1S/C36H43F7N4O4/c1-21-14-26(37)6-7-27(21)28-18-34(19-29(34)44-30(48)23-8-11-46(12-9-23)32(50)51-33(2,3)4)10-13-47(28)31(49)45(5)20-22-15-24(35(38,39)40)17-25(16-22)36(41,42)43/h6-7,14-17,23,28-29H,8-13,18-20H2,1-5H3,(H,44,48)/t28-,29?,34-/m1/s1.